The molecule has 3 aromatic carbocycles. The van der Waals surface area contributed by atoms with Gasteiger partial charge in [0.2, 0.25) is 17.8 Å². The molecular formula is C30H26O13. The zero-order valence-corrected chi connectivity index (χ0v) is 22.1. The number of Topliss-reactive ketones (excluding diaryl/α,β-unsaturated/α-hetero) is 1. The predicted octanol–water partition coefficient (Wildman–Crippen LogP) is 1.57. The third-order valence-corrected chi connectivity index (χ3v) is 6.68. The Morgan fingerprint density at radius 1 is 0.860 bits per heavy atom. The lowest BCUT2D eigenvalue weighted by Gasteiger charge is -2.39. The van der Waals surface area contributed by atoms with Crippen molar-refractivity contribution in [3.8, 4) is 34.5 Å². The van der Waals surface area contributed by atoms with Gasteiger partial charge >= 0.3 is 5.97 Å². The molecule has 1 saturated heterocycles. The Bertz CT molecular complexity index is 1590. The van der Waals surface area contributed by atoms with E-state index in [0.29, 0.717) is 11.1 Å². The van der Waals surface area contributed by atoms with E-state index in [-0.39, 0.29) is 34.3 Å². The molecule has 7 N–H and O–H groups in total. The van der Waals surface area contributed by atoms with Gasteiger partial charge in [-0.1, -0.05) is 18.2 Å². The van der Waals surface area contributed by atoms with Crippen LogP contribution < -0.4 is 9.47 Å². The van der Waals surface area contributed by atoms with Gasteiger partial charge in [-0.3, -0.25) is 4.79 Å². The van der Waals surface area contributed by atoms with E-state index >= 15 is 0 Å². The SMILES string of the molecule is O=C(C=Cc1ccc(O)cc1)OCC1OC(Oc2ccc3c(c2O)OC(=Cc2ccc(O)c(O)c2)C3=O)C(O)C(O)C1O. The van der Waals surface area contributed by atoms with E-state index in [1.807, 2.05) is 0 Å². The van der Waals surface area contributed by atoms with Gasteiger partial charge in [-0.25, -0.2) is 4.79 Å². The average molecular weight is 595 g/mol. The van der Waals surface area contributed by atoms with Crippen molar-refractivity contribution < 1.29 is 64.3 Å². The highest BCUT2D eigenvalue weighted by atomic mass is 16.7. The molecule has 0 aromatic heterocycles. The van der Waals surface area contributed by atoms with Crippen LogP contribution in [-0.2, 0) is 14.3 Å². The summed E-state index contributed by atoms with van der Waals surface area (Å²) >= 11 is 0. The summed E-state index contributed by atoms with van der Waals surface area (Å²) in [6.45, 7) is -0.529. The molecule has 0 saturated carbocycles. The van der Waals surface area contributed by atoms with E-state index in [1.165, 1.54) is 54.6 Å². The molecule has 0 amide bonds. The second kappa shape index (κ2) is 12.0. The van der Waals surface area contributed by atoms with Crippen molar-refractivity contribution in [3.63, 3.8) is 0 Å². The van der Waals surface area contributed by atoms with E-state index in [2.05, 4.69) is 0 Å². The van der Waals surface area contributed by atoms with Crippen LogP contribution in [0.4, 0.5) is 0 Å². The first kappa shape index (κ1) is 29.4. The minimum atomic E-state index is -1.79. The molecule has 5 unspecified atom stereocenters. The number of carbonyl (C=O) groups is 2. The maximum Gasteiger partial charge on any atom is 0.330 e. The van der Waals surface area contributed by atoms with Gasteiger partial charge in [0, 0.05) is 6.08 Å². The summed E-state index contributed by atoms with van der Waals surface area (Å²) in [7, 11) is 0. The smallest absolute Gasteiger partial charge is 0.330 e. The number of hydrogen-bond acceptors (Lipinski definition) is 13. The van der Waals surface area contributed by atoms with Crippen LogP contribution in [0, 0.1) is 0 Å². The highest BCUT2D eigenvalue weighted by Gasteiger charge is 2.46. The number of ketones is 1. The lowest BCUT2D eigenvalue weighted by Crippen LogP contribution is -2.60. The maximum absolute atomic E-state index is 12.8. The molecule has 0 aliphatic carbocycles. The topological polar surface area (TPSA) is 213 Å². The molecule has 5 atom stereocenters. The van der Waals surface area contributed by atoms with Crippen LogP contribution in [0.3, 0.4) is 0 Å². The summed E-state index contributed by atoms with van der Waals surface area (Å²) in [6.07, 6.45) is -4.37. The third kappa shape index (κ3) is 6.24. The molecule has 3 aromatic rings. The molecule has 13 nitrogen and oxygen atoms in total. The lowest BCUT2D eigenvalue weighted by molar-refractivity contribution is -0.278. The summed E-state index contributed by atoms with van der Waals surface area (Å²) < 4.78 is 21.7. The summed E-state index contributed by atoms with van der Waals surface area (Å²) in [6, 6.07) is 12.4. The average Bonchev–Trinajstić information content (AvgIpc) is 3.30. The number of phenolic OH excluding ortho intramolecular Hbond substituents is 4. The monoisotopic (exact) mass is 594 g/mol. The molecule has 2 aliphatic rings. The number of fused-ring (bicyclic) bond motifs is 1. The molecule has 13 heteroatoms. The van der Waals surface area contributed by atoms with Crippen molar-refractivity contribution in [1.29, 1.82) is 0 Å². The van der Waals surface area contributed by atoms with Crippen molar-refractivity contribution in [2.45, 2.75) is 30.7 Å². The number of aliphatic hydroxyl groups is 3. The van der Waals surface area contributed by atoms with Crippen molar-refractivity contribution in [3.05, 3.63) is 83.1 Å². The van der Waals surface area contributed by atoms with Crippen LogP contribution in [0.25, 0.3) is 12.2 Å². The van der Waals surface area contributed by atoms with Gasteiger partial charge in [0.1, 0.15) is 36.8 Å². The van der Waals surface area contributed by atoms with E-state index in [1.54, 1.807) is 12.1 Å². The second-order valence-corrected chi connectivity index (χ2v) is 9.66. The number of hydrogen-bond donors (Lipinski definition) is 7. The summed E-state index contributed by atoms with van der Waals surface area (Å²) in [5, 5.41) is 70.5. The van der Waals surface area contributed by atoms with Gasteiger partial charge in [0.15, 0.2) is 28.8 Å². The first-order chi connectivity index (χ1) is 20.5. The normalized spacial score (nSPS) is 24.1. The van der Waals surface area contributed by atoms with Gasteiger partial charge in [-0.15, -0.1) is 0 Å². The number of aromatic hydroxyl groups is 4. The maximum atomic E-state index is 12.8. The zero-order valence-electron chi connectivity index (χ0n) is 22.1. The molecule has 224 valence electrons. The molecule has 0 spiro atoms. The van der Waals surface area contributed by atoms with Crippen LogP contribution in [0.2, 0.25) is 0 Å². The standard InChI is InChI=1S/C30H26O13/c31-16-5-1-14(2-6-16)4-10-23(34)40-13-22-25(36)27(38)28(39)30(43-22)42-20-9-7-17-24(35)21(41-29(17)26(20)37)12-15-3-8-18(32)19(33)11-15/h1-12,22,25,27-28,30-33,36-39H,13H2. The first-order valence-electron chi connectivity index (χ1n) is 12.8. The van der Waals surface area contributed by atoms with E-state index < -0.39 is 60.6 Å². The number of allylic oxidation sites excluding steroid dienone is 1. The van der Waals surface area contributed by atoms with Crippen molar-refractivity contribution >= 4 is 23.9 Å². The van der Waals surface area contributed by atoms with Crippen LogP contribution in [0.1, 0.15) is 21.5 Å². The Kier molecular flexibility index (Phi) is 8.23. The minimum absolute atomic E-state index is 0.00943. The Balaban J connectivity index is 1.26. The van der Waals surface area contributed by atoms with Crippen LogP contribution in [-0.4, -0.2) is 84.8 Å². The fraction of sp³-hybridized carbons (Fsp3) is 0.200. The second-order valence-electron chi connectivity index (χ2n) is 9.66. The molecule has 2 heterocycles. The van der Waals surface area contributed by atoms with Crippen LogP contribution >= 0.6 is 0 Å². The summed E-state index contributed by atoms with van der Waals surface area (Å²) in [5.41, 5.74) is 0.930. The van der Waals surface area contributed by atoms with Crippen LogP contribution in [0.5, 0.6) is 34.5 Å². The van der Waals surface area contributed by atoms with Gasteiger partial charge < -0.3 is 54.7 Å². The third-order valence-electron chi connectivity index (χ3n) is 6.68. The van der Waals surface area contributed by atoms with E-state index in [9.17, 15) is 45.3 Å². The molecule has 43 heavy (non-hydrogen) atoms. The van der Waals surface area contributed by atoms with Gasteiger partial charge in [-0.05, 0) is 59.7 Å². The van der Waals surface area contributed by atoms with Gasteiger partial charge in [0.25, 0.3) is 0 Å². The Morgan fingerprint density at radius 3 is 2.30 bits per heavy atom. The number of ether oxygens (including phenoxy) is 4. The lowest BCUT2D eigenvalue weighted by atomic mass is 9.99. The number of phenols is 4. The Morgan fingerprint density at radius 2 is 1.58 bits per heavy atom. The molecule has 0 radical (unpaired) electrons. The highest BCUT2D eigenvalue weighted by molar-refractivity contribution is 6.15. The summed E-state index contributed by atoms with van der Waals surface area (Å²) in [5.74, 6) is -3.45. The van der Waals surface area contributed by atoms with E-state index in [0.717, 1.165) is 6.08 Å². The fourth-order valence-electron chi connectivity index (χ4n) is 4.33. The van der Waals surface area contributed by atoms with Crippen molar-refractivity contribution in [2.75, 3.05) is 6.61 Å². The largest absolute Gasteiger partial charge is 0.508 e. The number of rotatable bonds is 7. The van der Waals surface area contributed by atoms with Gasteiger partial charge in [-0.2, -0.15) is 0 Å². The van der Waals surface area contributed by atoms with E-state index in [4.69, 9.17) is 18.9 Å². The zero-order chi connectivity index (χ0) is 30.8. The summed E-state index contributed by atoms with van der Waals surface area (Å²) in [4.78, 5) is 25.0. The number of esters is 1. The number of benzene rings is 3. The van der Waals surface area contributed by atoms with Crippen LogP contribution in [0.15, 0.2) is 66.4 Å². The molecule has 0 bridgehead atoms. The quantitative estimate of drug-likeness (QED) is 0.118. The molecular weight excluding hydrogens is 568 g/mol. The fourth-order valence-corrected chi connectivity index (χ4v) is 4.33. The Hall–Kier alpha value is -5.08. The first-order valence-corrected chi connectivity index (χ1v) is 12.8. The number of carbonyl (C=O) groups excluding carboxylic acids is 2. The molecule has 5 rings (SSSR count). The highest BCUT2D eigenvalue weighted by Crippen LogP contribution is 2.45. The van der Waals surface area contributed by atoms with Crippen molar-refractivity contribution in [1.82, 2.24) is 0 Å². The van der Waals surface area contributed by atoms with Gasteiger partial charge in [0.05, 0.1) is 5.56 Å². The Labute approximate surface area is 243 Å². The predicted molar refractivity (Wildman–Crippen MR) is 146 cm³/mol. The van der Waals surface area contributed by atoms with Crippen molar-refractivity contribution in [2.24, 2.45) is 0 Å². The molecule has 1 fully saturated rings. The number of aliphatic hydroxyl groups excluding tert-OH is 3. The molecule has 2 aliphatic heterocycles. The minimum Gasteiger partial charge on any atom is -0.508 e.